The van der Waals surface area contributed by atoms with E-state index in [0.29, 0.717) is 31.6 Å². The van der Waals surface area contributed by atoms with E-state index < -0.39 is 16.9 Å². The summed E-state index contributed by atoms with van der Waals surface area (Å²) in [6, 6.07) is 5.11. The van der Waals surface area contributed by atoms with Gasteiger partial charge in [-0.1, -0.05) is 47.0 Å². The van der Waals surface area contributed by atoms with Crippen molar-refractivity contribution in [3.63, 3.8) is 0 Å². The van der Waals surface area contributed by atoms with E-state index in [0.717, 1.165) is 25.7 Å². The molecule has 1 saturated heterocycles. The Bertz CT molecular complexity index is 962. The number of hydrogen-bond acceptors (Lipinski definition) is 5. The average molecular weight is 515 g/mol. The van der Waals surface area contributed by atoms with Crippen molar-refractivity contribution < 1.29 is 19.3 Å². The minimum atomic E-state index is -0.679. The van der Waals surface area contributed by atoms with Gasteiger partial charge in [-0.2, -0.15) is 0 Å². The maximum Gasteiger partial charge on any atom is 0.269 e. The molecular weight excluding hydrogens is 472 g/mol. The van der Waals surface area contributed by atoms with Crippen LogP contribution in [0.5, 0.6) is 0 Å². The largest absolute Gasteiger partial charge is 0.340 e. The highest BCUT2D eigenvalue weighted by molar-refractivity contribution is 5.95. The van der Waals surface area contributed by atoms with E-state index in [1.807, 2.05) is 25.7 Å². The predicted molar refractivity (Wildman–Crippen MR) is 145 cm³/mol. The zero-order chi connectivity index (χ0) is 27.5. The van der Waals surface area contributed by atoms with Gasteiger partial charge >= 0.3 is 0 Å². The standard InChI is InChI=1S/C28H42N4O5/c1-6-9-10-23(8-3)27(34)31-18-17-30(19-21(31)5)28(35)26(20(4)7-2)29-25(33)16-13-22-11-14-24(15-12-22)32(36)37/h11-16,20-21,23,26H,6-10,17-19H2,1-5H3,(H,29,33)/b16-13+/t20-,21-,23-,26+/m0/s1. The number of nitrogens with zero attached hydrogens (tertiary/aromatic N) is 3. The molecule has 1 N–H and O–H groups in total. The molecule has 0 aliphatic carbocycles. The third-order valence-electron chi connectivity index (χ3n) is 7.28. The van der Waals surface area contributed by atoms with Crippen molar-refractivity contribution >= 4 is 29.5 Å². The summed E-state index contributed by atoms with van der Waals surface area (Å²) in [5.41, 5.74) is 0.623. The minimum Gasteiger partial charge on any atom is -0.340 e. The molecule has 0 bridgehead atoms. The molecule has 0 unspecified atom stereocenters. The van der Waals surface area contributed by atoms with Gasteiger partial charge in [0.25, 0.3) is 5.69 Å². The Hall–Kier alpha value is -3.23. The average Bonchev–Trinajstić information content (AvgIpc) is 2.90. The van der Waals surface area contributed by atoms with E-state index in [2.05, 4.69) is 19.2 Å². The van der Waals surface area contributed by atoms with E-state index in [1.165, 1.54) is 18.2 Å². The first-order valence-electron chi connectivity index (χ1n) is 13.4. The molecule has 1 aromatic carbocycles. The fourth-order valence-electron chi connectivity index (χ4n) is 4.63. The summed E-state index contributed by atoms with van der Waals surface area (Å²) in [5, 5.41) is 13.7. The van der Waals surface area contributed by atoms with Gasteiger partial charge in [0.05, 0.1) is 4.92 Å². The number of amides is 3. The number of nitrogens with one attached hydrogen (secondary N) is 1. The van der Waals surface area contributed by atoms with Crippen molar-refractivity contribution in [2.75, 3.05) is 19.6 Å². The highest BCUT2D eigenvalue weighted by atomic mass is 16.6. The van der Waals surface area contributed by atoms with Crippen LogP contribution in [0.15, 0.2) is 30.3 Å². The molecule has 1 aliphatic rings. The first kappa shape index (κ1) is 30.0. The number of carbonyl (C=O) groups excluding carboxylic acids is 3. The van der Waals surface area contributed by atoms with Gasteiger partial charge in [0, 0.05) is 49.8 Å². The molecule has 37 heavy (non-hydrogen) atoms. The lowest BCUT2D eigenvalue weighted by molar-refractivity contribution is -0.384. The number of unbranched alkanes of at least 4 members (excludes halogenated alkanes) is 1. The summed E-state index contributed by atoms with van der Waals surface area (Å²) < 4.78 is 0. The molecule has 0 spiro atoms. The van der Waals surface area contributed by atoms with Crippen molar-refractivity contribution in [3.05, 3.63) is 46.0 Å². The lowest BCUT2D eigenvalue weighted by Gasteiger charge is -2.42. The Morgan fingerprint density at radius 3 is 2.32 bits per heavy atom. The van der Waals surface area contributed by atoms with Crippen LogP contribution in [-0.2, 0) is 14.4 Å². The van der Waals surface area contributed by atoms with Crippen molar-refractivity contribution in [2.24, 2.45) is 11.8 Å². The molecule has 1 aromatic rings. The van der Waals surface area contributed by atoms with Gasteiger partial charge in [-0.25, -0.2) is 0 Å². The summed E-state index contributed by atoms with van der Waals surface area (Å²) in [6.07, 6.45) is 7.43. The molecule has 1 heterocycles. The topological polar surface area (TPSA) is 113 Å². The van der Waals surface area contributed by atoms with Gasteiger partial charge in [-0.3, -0.25) is 24.5 Å². The number of hydrogen-bond donors (Lipinski definition) is 1. The van der Waals surface area contributed by atoms with Crippen molar-refractivity contribution in [1.82, 2.24) is 15.1 Å². The Labute approximate surface area is 220 Å². The van der Waals surface area contributed by atoms with E-state index in [4.69, 9.17) is 0 Å². The van der Waals surface area contributed by atoms with Gasteiger partial charge in [0.2, 0.25) is 17.7 Å². The minimum absolute atomic E-state index is 0.0220. The van der Waals surface area contributed by atoms with Crippen LogP contribution in [0.25, 0.3) is 6.08 Å². The van der Waals surface area contributed by atoms with Crippen LogP contribution in [0.3, 0.4) is 0 Å². The molecule has 204 valence electrons. The molecule has 2 rings (SSSR count). The Balaban J connectivity index is 2.03. The molecule has 0 radical (unpaired) electrons. The maximum absolute atomic E-state index is 13.5. The number of rotatable bonds is 12. The van der Waals surface area contributed by atoms with Crippen LogP contribution in [-0.4, -0.2) is 64.2 Å². The third-order valence-corrected chi connectivity index (χ3v) is 7.28. The maximum atomic E-state index is 13.5. The van der Waals surface area contributed by atoms with Crippen LogP contribution < -0.4 is 5.32 Å². The van der Waals surface area contributed by atoms with Gasteiger partial charge in [-0.05, 0) is 49.5 Å². The third kappa shape index (κ3) is 8.40. The van der Waals surface area contributed by atoms with Gasteiger partial charge in [0.1, 0.15) is 6.04 Å². The van der Waals surface area contributed by atoms with Crippen LogP contribution >= 0.6 is 0 Å². The van der Waals surface area contributed by atoms with Crippen LogP contribution in [0.1, 0.15) is 72.3 Å². The van der Waals surface area contributed by atoms with Crippen LogP contribution in [0, 0.1) is 22.0 Å². The van der Waals surface area contributed by atoms with Crippen LogP contribution in [0.4, 0.5) is 5.69 Å². The number of nitro groups is 1. The van der Waals surface area contributed by atoms with Gasteiger partial charge in [0.15, 0.2) is 0 Å². The summed E-state index contributed by atoms with van der Waals surface area (Å²) in [4.78, 5) is 53.3. The Morgan fingerprint density at radius 1 is 1.11 bits per heavy atom. The number of piperazine rings is 1. The Morgan fingerprint density at radius 2 is 1.78 bits per heavy atom. The van der Waals surface area contributed by atoms with Crippen molar-refractivity contribution in [1.29, 1.82) is 0 Å². The SMILES string of the molecule is CCCC[C@H](CC)C(=O)N1CCN(C(=O)[C@H](NC(=O)/C=C/c2ccc([N+](=O)[O-])cc2)[C@@H](C)CC)C[C@@H]1C. The first-order valence-corrected chi connectivity index (χ1v) is 13.4. The molecule has 9 nitrogen and oxygen atoms in total. The summed E-state index contributed by atoms with van der Waals surface area (Å²) in [5.74, 6) is -0.403. The molecule has 1 aliphatic heterocycles. The molecule has 0 saturated carbocycles. The number of nitro benzene ring substituents is 1. The zero-order valence-electron chi connectivity index (χ0n) is 22.8. The lowest BCUT2D eigenvalue weighted by Crippen LogP contribution is -2.60. The molecular formula is C28H42N4O5. The first-order chi connectivity index (χ1) is 17.6. The second-order valence-corrected chi connectivity index (χ2v) is 9.97. The van der Waals surface area contributed by atoms with E-state index >= 15 is 0 Å². The van der Waals surface area contributed by atoms with Crippen molar-refractivity contribution in [2.45, 2.75) is 78.8 Å². The predicted octanol–water partition coefficient (Wildman–Crippen LogP) is 4.41. The fraction of sp³-hybridized carbons (Fsp3) is 0.607. The highest BCUT2D eigenvalue weighted by Crippen LogP contribution is 2.21. The second kappa shape index (κ2) is 14.5. The fourth-order valence-corrected chi connectivity index (χ4v) is 4.63. The van der Waals surface area contributed by atoms with E-state index in [1.54, 1.807) is 23.1 Å². The van der Waals surface area contributed by atoms with Gasteiger partial charge < -0.3 is 15.1 Å². The Kier molecular flexibility index (Phi) is 11.8. The molecule has 1 fully saturated rings. The molecule has 4 atom stereocenters. The molecule has 0 aromatic heterocycles. The monoisotopic (exact) mass is 514 g/mol. The second-order valence-electron chi connectivity index (χ2n) is 9.97. The smallest absolute Gasteiger partial charge is 0.269 e. The molecule has 3 amide bonds. The van der Waals surface area contributed by atoms with E-state index in [-0.39, 0.29) is 35.4 Å². The number of carbonyl (C=O) groups is 3. The van der Waals surface area contributed by atoms with Gasteiger partial charge in [-0.15, -0.1) is 0 Å². The number of non-ortho nitro benzene ring substituents is 1. The lowest BCUT2D eigenvalue weighted by atomic mass is 9.95. The highest BCUT2D eigenvalue weighted by Gasteiger charge is 2.36. The van der Waals surface area contributed by atoms with E-state index in [9.17, 15) is 24.5 Å². The normalized spacial score (nSPS) is 18.4. The quantitative estimate of drug-likeness (QED) is 0.252. The number of benzene rings is 1. The summed E-state index contributed by atoms with van der Waals surface area (Å²) in [6.45, 7) is 11.5. The van der Waals surface area contributed by atoms with Crippen LogP contribution in [0.2, 0.25) is 0 Å². The summed E-state index contributed by atoms with van der Waals surface area (Å²) in [7, 11) is 0. The summed E-state index contributed by atoms with van der Waals surface area (Å²) >= 11 is 0. The zero-order valence-corrected chi connectivity index (χ0v) is 22.8. The van der Waals surface area contributed by atoms with Crippen molar-refractivity contribution in [3.8, 4) is 0 Å². The molecule has 9 heteroatoms.